The van der Waals surface area contributed by atoms with Gasteiger partial charge < -0.3 is 20.3 Å². The van der Waals surface area contributed by atoms with Gasteiger partial charge in [0, 0.05) is 29.4 Å². The van der Waals surface area contributed by atoms with Gasteiger partial charge in [0.1, 0.15) is 5.75 Å². The van der Waals surface area contributed by atoms with Gasteiger partial charge in [-0.2, -0.15) is 0 Å². The second kappa shape index (κ2) is 7.66. The first kappa shape index (κ1) is 18.1. The maximum absolute atomic E-state index is 12.3. The molecule has 136 valence electrons. The van der Waals surface area contributed by atoms with E-state index >= 15 is 0 Å². The van der Waals surface area contributed by atoms with E-state index in [0.717, 1.165) is 17.0 Å². The Labute approximate surface area is 157 Å². The summed E-state index contributed by atoms with van der Waals surface area (Å²) in [7, 11) is 1.59. The number of halogens is 1. The Morgan fingerprint density at radius 1 is 1.23 bits per heavy atom. The molecule has 0 spiro atoms. The summed E-state index contributed by atoms with van der Waals surface area (Å²) in [4.78, 5) is 26.2. The van der Waals surface area contributed by atoms with Gasteiger partial charge in [-0.25, -0.2) is 4.79 Å². The highest BCUT2D eigenvalue weighted by Gasteiger charge is 2.31. The fourth-order valence-corrected chi connectivity index (χ4v) is 3.08. The Kier molecular flexibility index (Phi) is 5.32. The number of hydrogen-bond acceptors (Lipinski definition) is 3. The molecule has 26 heavy (non-hydrogen) atoms. The number of urea groups is 1. The minimum Gasteiger partial charge on any atom is -0.497 e. The first-order valence-electron chi connectivity index (χ1n) is 8.25. The summed E-state index contributed by atoms with van der Waals surface area (Å²) in [6.07, 6.45) is 0.258. The molecule has 2 aromatic carbocycles. The van der Waals surface area contributed by atoms with Gasteiger partial charge in [0.2, 0.25) is 5.91 Å². The third kappa shape index (κ3) is 3.91. The van der Waals surface area contributed by atoms with Crippen molar-refractivity contribution < 1.29 is 14.3 Å². The number of nitrogens with zero attached hydrogens (tertiary/aromatic N) is 1. The van der Waals surface area contributed by atoms with E-state index in [9.17, 15) is 9.59 Å². The number of carbonyl (C=O) groups excluding carboxylic acids is 2. The van der Waals surface area contributed by atoms with Crippen molar-refractivity contribution in [2.45, 2.75) is 19.4 Å². The Morgan fingerprint density at radius 2 is 1.96 bits per heavy atom. The van der Waals surface area contributed by atoms with E-state index in [0.29, 0.717) is 17.3 Å². The molecule has 1 atom stereocenters. The van der Waals surface area contributed by atoms with Crippen molar-refractivity contribution in [2.24, 2.45) is 0 Å². The van der Waals surface area contributed by atoms with Crippen molar-refractivity contribution in [3.8, 4) is 5.75 Å². The van der Waals surface area contributed by atoms with Gasteiger partial charge in [-0.3, -0.25) is 4.79 Å². The van der Waals surface area contributed by atoms with E-state index in [4.69, 9.17) is 16.3 Å². The Hall–Kier alpha value is -2.73. The van der Waals surface area contributed by atoms with E-state index < -0.39 is 0 Å². The van der Waals surface area contributed by atoms with Crippen LogP contribution < -0.4 is 20.3 Å². The zero-order chi connectivity index (χ0) is 18.7. The van der Waals surface area contributed by atoms with Crippen molar-refractivity contribution in [1.29, 1.82) is 0 Å². The van der Waals surface area contributed by atoms with Gasteiger partial charge in [-0.15, -0.1) is 0 Å². The normalized spacial score (nSPS) is 16.5. The largest absolute Gasteiger partial charge is 0.497 e. The van der Waals surface area contributed by atoms with Crippen LogP contribution in [0.15, 0.2) is 42.5 Å². The van der Waals surface area contributed by atoms with E-state index in [1.165, 1.54) is 0 Å². The van der Waals surface area contributed by atoms with Crippen LogP contribution in [0.1, 0.15) is 12.0 Å². The molecule has 0 aliphatic carbocycles. The molecule has 1 heterocycles. The predicted octanol–water partition coefficient (Wildman–Crippen LogP) is 3.58. The molecule has 2 N–H and O–H groups in total. The van der Waals surface area contributed by atoms with Gasteiger partial charge in [0.15, 0.2) is 0 Å². The molecular weight excluding hydrogens is 354 g/mol. The molecule has 2 aromatic rings. The lowest BCUT2D eigenvalue weighted by Crippen LogP contribution is -2.39. The molecule has 0 bridgehead atoms. The number of hydrogen-bond donors (Lipinski definition) is 2. The number of anilines is 2. The summed E-state index contributed by atoms with van der Waals surface area (Å²) in [5, 5.41) is 6.22. The van der Waals surface area contributed by atoms with E-state index in [1.807, 2.05) is 19.1 Å². The topological polar surface area (TPSA) is 70.7 Å². The summed E-state index contributed by atoms with van der Waals surface area (Å²) in [5.41, 5.74) is 2.23. The third-order valence-electron chi connectivity index (χ3n) is 4.36. The summed E-state index contributed by atoms with van der Waals surface area (Å²) in [6, 6.07) is 12.0. The lowest BCUT2D eigenvalue weighted by molar-refractivity contribution is -0.117. The molecule has 1 aliphatic rings. The molecule has 0 aromatic heterocycles. The summed E-state index contributed by atoms with van der Waals surface area (Å²) in [6.45, 7) is 2.26. The lowest BCUT2D eigenvalue weighted by Gasteiger charge is -2.18. The average molecular weight is 374 g/mol. The van der Waals surface area contributed by atoms with Crippen molar-refractivity contribution in [3.63, 3.8) is 0 Å². The standard InChI is InChI=1S/C19H20ClN3O3/c1-12-16(20)4-3-5-17(12)22-19(25)21-13-10-18(24)23(11-13)14-6-8-15(26-2)9-7-14/h3-9,13H,10-11H2,1-2H3,(H2,21,22,25)/t13-/m0/s1. The molecule has 3 rings (SSSR count). The molecule has 0 radical (unpaired) electrons. The number of methoxy groups -OCH3 is 1. The highest BCUT2D eigenvalue weighted by molar-refractivity contribution is 6.31. The highest BCUT2D eigenvalue weighted by atomic mass is 35.5. The zero-order valence-electron chi connectivity index (χ0n) is 14.6. The zero-order valence-corrected chi connectivity index (χ0v) is 15.3. The quantitative estimate of drug-likeness (QED) is 0.860. The minimum absolute atomic E-state index is 0.0283. The van der Waals surface area contributed by atoms with Crippen LogP contribution in [0.4, 0.5) is 16.2 Å². The van der Waals surface area contributed by atoms with Crippen molar-refractivity contribution in [1.82, 2.24) is 5.32 Å². The van der Waals surface area contributed by atoms with Crippen LogP contribution in [0.5, 0.6) is 5.75 Å². The first-order valence-corrected chi connectivity index (χ1v) is 8.63. The molecule has 7 heteroatoms. The number of ether oxygens (including phenoxy) is 1. The van der Waals surface area contributed by atoms with Crippen LogP contribution in [0.2, 0.25) is 5.02 Å². The van der Waals surface area contributed by atoms with Crippen molar-refractivity contribution in [3.05, 3.63) is 53.1 Å². The molecule has 0 unspecified atom stereocenters. The molecule has 1 fully saturated rings. The summed E-state index contributed by atoms with van der Waals surface area (Å²) in [5.74, 6) is 0.700. The van der Waals surface area contributed by atoms with Gasteiger partial charge in [-0.1, -0.05) is 17.7 Å². The van der Waals surface area contributed by atoms with Gasteiger partial charge in [0.05, 0.1) is 13.2 Å². The Morgan fingerprint density at radius 3 is 2.65 bits per heavy atom. The van der Waals surface area contributed by atoms with Crippen LogP contribution in [-0.4, -0.2) is 31.6 Å². The van der Waals surface area contributed by atoms with Gasteiger partial charge in [0.25, 0.3) is 0 Å². The van der Waals surface area contributed by atoms with Crippen LogP contribution >= 0.6 is 11.6 Å². The first-order chi connectivity index (χ1) is 12.5. The Balaban J connectivity index is 1.61. The van der Waals surface area contributed by atoms with Gasteiger partial charge in [-0.05, 0) is 48.9 Å². The fourth-order valence-electron chi connectivity index (χ4n) is 2.90. The maximum atomic E-state index is 12.3. The minimum atomic E-state index is -0.357. The average Bonchev–Trinajstić information content (AvgIpc) is 2.99. The fraction of sp³-hybridized carbons (Fsp3) is 0.263. The van der Waals surface area contributed by atoms with E-state index in [1.54, 1.807) is 42.3 Å². The van der Waals surface area contributed by atoms with E-state index in [2.05, 4.69) is 10.6 Å². The number of amides is 3. The molecule has 6 nitrogen and oxygen atoms in total. The Bertz CT molecular complexity index is 823. The monoisotopic (exact) mass is 373 g/mol. The maximum Gasteiger partial charge on any atom is 0.319 e. The van der Waals surface area contributed by atoms with Crippen LogP contribution in [0.3, 0.4) is 0 Å². The molecular formula is C19H20ClN3O3. The SMILES string of the molecule is COc1ccc(N2C[C@@H](NC(=O)Nc3cccc(Cl)c3C)CC2=O)cc1. The van der Waals surface area contributed by atoms with Crippen molar-refractivity contribution >= 4 is 34.9 Å². The lowest BCUT2D eigenvalue weighted by atomic mass is 10.2. The summed E-state index contributed by atoms with van der Waals surface area (Å²) >= 11 is 6.06. The number of nitrogens with one attached hydrogen (secondary N) is 2. The number of benzene rings is 2. The second-order valence-electron chi connectivity index (χ2n) is 6.11. The van der Waals surface area contributed by atoms with Crippen LogP contribution in [0, 0.1) is 6.92 Å². The second-order valence-corrected chi connectivity index (χ2v) is 6.52. The highest BCUT2D eigenvalue weighted by Crippen LogP contribution is 2.25. The number of carbonyl (C=O) groups is 2. The molecule has 0 saturated carbocycles. The van der Waals surface area contributed by atoms with Crippen molar-refractivity contribution in [2.75, 3.05) is 23.9 Å². The number of rotatable bonds is 4. The molecule has 1 saturated heterocycles. The summed E-state index contributed by atoms with van der Waals surface area (Å²) < 4.78 is 5.13. The van der Waals surface area contributed by atoms with E-state index in [-0.39, 0.29) is 24.4 Å². The van der Waals surface area contributed by atoms with Crippen LogP contribution in [-0.2, 0) is 4.79 Å². The predicted molar refractivity (Wildman–Crippen MR) is 102 cm³/mol. The third-order valence-corrected chi connectivity index (χ3v) is 4.77. The molecule has 3 amide bonds. The molecule has 1 aliphatic heterocycles. The van der Waals surface area contributed by atoms with Gasteiger partial charge >= 0.3 is 6.03 Å². The van der Waals surface area contributed by atoms with Crippen LogP contribution in [0.25, 0.3) is 0 Å². The smallest absolute Gasteiger partial charge is 0.319 e.